The Morgan fingerprint density at radius 2 is 2.35 bits per heavy atom. The Morgan fingerprint density at radius 1 is 1.59 bits per heavy atom. The van der Waals surface area contributed by atoms with Crippen molar-refractivity contribution >= 4 is 0 Å². The van der Waals surface area contributed by atoms with Gasteiger partial charge in [0, 0.05) is 24.2 Å². The van der Waals surface area contributed by atoms with E-state index in [4.69, 9.17) is 0 Å². The second-order valence-corrected chi connectivity index (χ2v) is 6.25. The molecule has 3 nitrogen and oxygen atoms in total. The first-order chi connectivity index (χ1) is 7.97. The highest BCUT2D eigenvalue weighted by Crippen LogP contribution is 2.37. The number of H-pyrrole nitrogens is 1. The Labute approximate surface area is 104 Å². The van der Waals surface area contributed by atoms with Crippen molar-refractivity contribution < 1.29 is 0 Å². The topological polar surface area (TPSA) is 40.7 Å². The molecular formula is C14H25N3. The Balaban J connectivity index is 1.87. The summed E-state index contributed by atoms with van der Waals surface area (Å²) in [5.41, 5.74) is 2.77. The van der Waals surface area contributed by atoms with Crippen LogP contribution < -0.4 is 5.32 Å². The van der Waals surface area contributed by atoms with E-state index in [0.29, 0.717) is 17.5 Å². The summed E-state index contributed by atoms with van der Waals surface area (Å²) in [4.78, 5) is 0. The number of nitrogens with zero attached hydrogens (tertiary/aromatic N) is 1. The molecule has 1 aromatic rings. The minimum Gasteiger partial charge on any atom is -0.311 e. The van der Waals surface area contributed by atoms with Crippen LogP contribution in [0.25, 0.3) is 0 Å². The van der Waals surface area contributed by atoms with E-state index >= 15 is 0 Å². The molecule has 1 saturated carbocycles. The van der Waals surface area contributed by atoms with E-state index in [1.54, 1.807) is 0 Å². The molecule has 3 heteroatoms. The van der Waals surface area contributed by atoms with Crippen molar-refractivity contribution in [2.24, 2.45) is 5.41 Å². The molecule has 2 rings (SSSR count). The van der Waals surface area contributed by atoms with Gasteiger partial charge < -0.3 is 5.32 Å². The minimum atomic E-state index is 0.454. The first kappa shape index (κ1) is 12.6. The summed E-state index contributed by atoms with van der Waals surface area (Å²) < 4.78 is 0. The third-order valence-corrected chi connectivity index (χ3v) is 4.02. The van der Waals surface area contributed by atoms with Gasteiger partial charge in [-0.3, -0.25) is 5.10 Å². The fraction of sp³-hybridized carbons (Fsp3) is 0.786. The summed E-state index contributed by atoms with van der Waals surface area (Å²) in [5, 5.41) is 11.1. The van der Waals surface area contributed by atoms with Crippen molar-refractivity contribution in [2.75, 3.05) is 0 Å². The number of aromatic amines is 1. The fourth-order valence-electron chi connectivity index (χ4n) is 2.93. The summed E-state index contributed by atoms with van der Waals surface area (Å²) in [6.45, 7) is 9.07. The number of hydrogen-bond acceptors (Lipinski definition) is 2. The van der Waals surface area contributed by atoms with Crippen molar-refractivity contribution in [3.63, 3.8) is 0 Å². The summed E-state index contributed by atoms with van der Waals surface area (Å²) in [6, 6.07) is 3.30. The third-order valence-electron chi connectivity index (χ3n) is 4.02. The summed E-state index contributed by atoms with van der Waals surface area (Å²) in [7, 11) is 0. The molecule has 1 aliphatic carbocycles. The maximum atomic E-state index is 4.30. The van der Waals surface area contributed by atoms with E-state index in [1.165, 1.54) is 25.0 Å². The number of hydrogen-bond donors (Lipinski definition) is 2. The van der Waals surface area contributed by atoms with Crippen molar-refractivity contribution in [3.8, 4) is 0 Å². The molecular weight excluding hydrogens is 210 g/mol. The molecule has 0 unspecified atom stereocenters. The van der Waals surface area contributed by atoms with Gasteiger partial charge in [0.2, 0.25) is 0 Å². The number of rotatable bonds is 4. The van der Waals surface area contributed by atoms with Gasteiger partial charge in [-0.25, -0.2) is 0 Å². The van der Waals surface area contributed by atoms with Gasteiger partial charge in [-0.15, -0.1) is 0 Å². The standard InChI is InChI=1S/C14H25N3/c1-10(8-12-9-11(2)16-17-12)15-13-6-5-7-14(13,3)4/h9-10,13,15H,5-8H2,1-4H3,(H,16,17)/t10-,13+/m1/s1. The van der Waals surface area contributed by atoms with Crippen LogP contribution in [0.1, 0.15) is 51.4 Å². The zero-order valence-corrected chi connectivity index (χ0v) is 11.5. The predicted molar refractivity (Wildman–Crippen MR) is 71.0 cm³/mol. The van der Waals surface area contributed by atoms with Gasteiger partial charge in [0.1, 0.15) is 0 Å². The second kappa shape index (κ2) is 4.81. The monoisotopic (exact) mass is 235 g/mol. The number of aromatic nitrogens is 2. The van der Waals surface area contributed by atoms with Crippen molar-refractivity contribution in [3.05, 3.63) is 17.5 Å². The maximum absolute atomic E-state index is 4.30. The fourth-order valence-corrected chi connectivity index (χ4v) is 2.93. The summed E-state index contributed by atoms with van der Waals surface area (Å²) in [5.74, 6) is 0. The lowest BCUT2D eigenvalue weighted by Crippen LogP contribution is -2.43. The molecule has 0 aromatic carbocycles. The molecule has 2 atom stereocenters. The SMILES string of the molecule is Cc1cc(C[C@@H](C)N[C@H]2CCCC2(C)C)n[nH]1. The van der Waals surface area contributed by atoms with E-state index in [0.717, 1.165) is 12.1 Å². The van der Waals surface area contributed by atoms with Crippen LogP contribution in [0.15, 0.2) is 6.07 Å². The summed E-state index contributed by atoms with van der Waals surface area (Å²) >= 11 is 0. The van der Waals surface area contributed by atoms with Crippen molar-refractivity contribution in [1.82, 2.24) is 15.5 Å². The first-order valence-electron chi connectivity index (χ1n) is 6.74. The van der Waals surface area contributed by atoms with Gasteiger partial charge in [0.05, 0.1) is 5.69 Å². The molecule has 1 aromatic heterocycles. The molecule has 0 spiro atoms. The molecule has 0 saturated heterocycles. The van der Waals surface area contributed by atoms with E-state index in [-0.39, 0.29) is 0 Å². The highest BCUT2D eigenvalue weighted by molar-refractivity contribution is 5.08. The van der Waals surface area contributed by atoms with Crippen LogP contribution in [0.5, 0.6) is 0 Å². The van der Waals surface area contributed by atoms with Gasteiger partial charge in [0.25, 0.3) is 0 Å². The molecule has 1 heterocycles. The molecule has 1 aliphatic rings. The molecule has 1 fully saturated rings. The van der Waals surface area contributed by atoms with Crippen LogP contribution in [0.4, 0.5) is 0 Å². The van der Waals surface area contributed by atoms with Gasteiger partial charge in [-0.2, -0.15) is 5.10 Å². The van der Waals surface area contributed by atoms with E-state index in [9.17, 15) is 0 Å². The Hall–Kier alpha value is -0.830. The van der Waals surface area contributed by atoms with Crippen LogP contribution in [0.3, 0.4) is 0 Å². The Bertz CT molecular complexity index is 367. The van der Waals surface area contributed by atoms with Crippen LogP contribution >= 0.6 is 0 Å². The molecule has 96 valence electrons. The normalized spacial score (nSPS) is 25.1. The molecule has 0 aliphatic heterocycles. The van der Waals surface area contributed by atoms with Crippen LogP contribution in [-0.4, -0.2) is 22.3 Å². The van der Waals surface area contributed by atoms with E-state index in [1.807, 2.05) is 0 Å². The molecule has 17 heavy (non-hydrogen) atoms. The van der Waals surface area contributed by atoms with Crippen molar-refractivity contribution in [1.29, 1.82) is 0 Å². The quantitative estimate of drug-likeness (QED) is 0.842. The van der Waals surface area contributed by atoms with E-state index in [2.05, 4.69) is 49.3 Å². The Kier molecular flexibility index (Phi) is 3.57. The predicted octanol–water partition coefficient (Wildman–Crippen LogP) is 2.82. The summed E-state index contributed by atoms with van der Waals surface area (Å²) in [6.07, 6.45) is 5.03. The highest BCUT2D eigenvalue weighted by atomic mass is 15.1. The van der Waals surface area contributed by atoms with Crippen molar-refractivity contribution in [2.45, 2.75) is 65.5 Å². The van der Waals surface area contributed by atoms with E-state index < -0.39 is 0 Å². The molecule has 0 radical (unpaired) electrons. The van der Waals surface area contributed by atoms with Gasteiger partial charge in [-0.1, -0.05) is 20.3 Å². The smallest absolute Gasteiger partial charge is 0.0640 e. The first-order valence-corrected chi connectivity index (χ1v) is 6.74. The van der Waals surface area contributed by atoms with Crippen LogP contribution in [0.2, 0.25) is 0 Å². The minimum absolute atomic E-state index is 0.454. The van der Waals surface area contributed by atoms with Crippen LogP contribution in [0, 0.1) is 12.3 Å². The average molecular weight is 235 g/mol. The number of aryl methyl sites for hydroxylation is 1. The molecule has 0 amide bonds. The lowest BCUT2D eigenvalue weighted by Gasteiger charge is -2.30. The van der Waals surface area contributed by atoms with Gasteiger partial charge in [0.15, 0.2) is 0 Å². The lowest BCUT2D eigenvalue weighted by atomic mass is 9.87. The molecule has 2 N–H and O–H groups in total. The largest absolute Gasteiger partial charge is 0.311 e. The zero-order chi connectivity index (χ0) is 12.5. The van der Waals surface area contributed by atoms with Gasteiger partial charge in [-0.05, 0) is 38.2 Å². The lowest BCUT2D eigenvalue weighted by molar-refractivity contribution is 0.264. The zero-order valence-electron chi connectivity index (χ0n) is 11.5. The Morgan fingerprint density at radius 3 is 2.88 bits per heavy atom. The number of nitrogens with one attached hydrogen (secondary N) is 2. The van der Waals surface area contributed by atoms with Gasteiger partial charge >= 0.3 is 0 Å². The second-order valence-electron chi connectivity index (χ2n) is 6.25. The maximum Gasteiger partial charge on any atom is 0.0640 e. The highest BCUT2D eigenvalue weighted by Gasteiger charge is 2.34. The third kappa shape index (κ3) is 3.09. The van der Waals surface area contributed by atoms with Crippen LogP contribution in [-0.2, 0) is 6.42 Å². The average Bonchev–Trinajstić information content (AvgIpc) is 2.74. The molecule has 0 bridgehead atoms.